The van der Waals surface area contributed by atoms with Crippen LogP contribution in [0.3, 0.4) is 0 Å². The van der Waals surface area contributed by atoms with Gasteiger partial charge in [0.1, 0.15) is 5.75 Å². The van der Waals surface area contributed by atoms with Crippen LogP contribution in [0.15, 0.2) is 24.3 Å². The first kappa shape index (κ1) is 18.0. The Balaban J connectivity index is 2.54. The van der Waals surface area contributed by atoms with Crippen LogP contribution in [0.2, 0.25) is 0 Å². The quantitative estimate of drug-likeness (QED) is 0.790. The molecule has 0 aromatic heterocycles. The Morgan fingerprint density at radius 2 is 1.76 bits per heavy atom. The van der Waals surface area contributed by atoms with Crippen LogP contribution in [0.25, 0.3) is 0 Å². The molecule has 1 aromatic rings. The number of hydrogen-bond donors (Lipinski definition) is 1. The summed E-state index contributed by atoms with van der Waals surface area (Å²) in [6.07, 6.45) is 0. The maximum absolute atomic E-state index is 6.02. The van der Waals surface area contributed by atoms with Gasteiger partial charge in [-0.15, -0.1) is 0 Å². The van der Waals surface area contributed by atoms with Gasteiger partial charge >= 0.3 is 0 Å². The van der Waals surface area contributed by atoms with Gasteiger partial charge in [0.2, 0.25) is 0 Å². The van der Waals surface area contributed by atoms with Gasteiger partial charge in [0, 0.05) is 12.0 Å². The molecule has 1 aromatic carbocycles. The first-order chi connectivity index (χ1) is 9.60. The second-order valence-corrected chi connectivity index (χ2v) is 8.26. The van der Waals surface area contributed by atoms with E-state index < -0.39 is 0 Å². The number of rotatable bonds is 7. The summed E-state index contributed by atoms with van der Waals surface area (Å²) < 4.78 is 6.02. The molecule has 0 saturated heterocycles. The molecule has 0 aliphatic carbocycles. The lowest BCUT2D eigenvalue weighted by molar-refractivity contribution is 0.175. The summed E-state index contributed by atoms with van der Waals surface area (Å²) in [6, 6.07) is 8.46. The van der Waals surface area contributed by atoms with E-state index >= 15 is 0 Å². The van der Waals surface area contributed by atoms with Crippen molar-refractivity contribution in [2.75, 3.05) is 19.7 Å². The minimum absolute atomic E-state index is 0.132. The molecule has 0 atom stereocenters. The van der Waals surface area contributed by atoms with Crippen molar-refractivity contribution in [1.82, 2.24) is 5.32 Å². The van der Waals surface area contributed by atoms with Gasteiger partial charge in [-0.25, -0.2) is 0 Å². The summed E-state index contributed by atoms with van der Waals surface area (Å²) in [5.41, 5.74) is 1.61. The molecule has 0 aliphatic rings. The zero-order valence-electron chi connectivity index (χ0n) is 14.9. The molecule has 0 bridgehead atoms. The first-order valence-electron chi connectivity index (χ1n) is 8.04. The average Bonchev–Trinajstić information content (AvgIpc) is 2.35. The highest BCUT2D eigenvalue weighted by molar-refractivity contribution is 5.32. The molecule has 0 heterocycles. The van der Waals surface area contributed by atoms with Crippen molar-refractivity contribution in [3.8, 4) is 5.75 Å². The average molecular weight is 291 g/mol. The minimum Gasteiger partial charge on any atom is -0.493 e. The van der Waals surface area contributed by atoms with E-state index in [0.29, 0.717) is 5.92 Å². The lowest BCUT2D eigenvalue weighted by atomic mass is 9.87. The van der Waals surface area contributed by atoms with Crippen molar-refractivity contribution in [2.45, 2.75) is 53.9 Å². The standard InChI is InChI=1S/C19H33NO/c1-15(2)12-20-13-19(6,7)14-21-17-10-8-9-16(11-17)18(3,4)5/h8-11,15,20H,12-14H2,1-7H3. The van der Waals surface area contributed by atoms with Crippen LogP contribution in [0, 0.1) is 11.3 Å². The molecule has 0 spiro atoms. The smallest absolute Gasteiger partial charge is 0.119 e. The van der Waals surface area contributed by atoms with Crippen LogP contribution in [-0.4, -0.2) is 19.7 Å². The van der Waals surface area contributed by atoms with E-state index in [9.17, 15) is 0 Å². The van der Waals surface area contributed by atoms with Crippen LogP contribution in [0.1, 0.15) is 54.0 Å². The molecule has 2 heteroatoms. The highest BCUT2D eigenvalue weighted by Gasteiger charge is 2.19. The largest absolute Gasteiger partial charge is 0.493 e. The number of ether oxygens (including phenoxy) is 1. The van der Waals surface area contributed by atoms with Crippen molar-refractivity contribution < 1.29 is 4.74 Å². The Morgan fingerprint density at radius 1 is 1.10 bits per heavy atom. The Hall–Kier alpha value is -1.02. The van der Waals surface area contributed by atoms with Gasteiger partial charge in [0.25, 0.3) is 0 Å². The first-order valence-corrected chi connectivity index (χ1v) is 8.04. The molecule has 0 fully saturated rings. The van der Waals surface area contributed by atoms with E-state index in [0.717, 1.165) is 25.4 Å². The molecule has 1 rings (SSSR count). The van der Waals surface area contributed by atoms with E-state index in [1.54, 1.807) is 0 Å². The Kier molecular flexibility index (Phi) is 6.27. The molecular formula is C19H33NO. The molecule has 21 heavy (non-hydrogen) atoms. The van der Waals surface area contributed by atoms with Crippen LogP contribution in [-0.2, 0) is 5.41 Å². The summed E-state index contributed by atoms with van der Waals surface area (Å²) in [5, 5.41) is 3.52. The summed E-state index contributed by atoms with van der Waals surface area (Å²) >= 11 is 0. The summed E-state index contributed by atoms with van der Waals surface area (Å²) in [6.45, 7) is 18.4. The van der Waals surface area contributed by atoms with Crippen molar-refractivity contribution in [1.29, 1.82) is 0 Å². The molecule has 0 aliphatic heterocycles. The summed E-state index contributed by atoms with van der Waals surface area (Å²) in [5.74, 6) is 1.66. The fourth-order valence-electron chi connectivity index (χ4n) is 2.08. The van der Waals surface area contributed by atoms with Crippen molar-refractivity contribution in [3.05, 3.63) is 29.8 Å². The molecule has 0 saturated carbocycles. The van der Waals surface area contributed by atoms with Gasteiger partial charge in [0.15, 0.2) is 0 Å². The lowest BCUT2D eigenvalue weighted by Gasteiger charge is -2.26. The van der Waals surface area contributed by atoms with Crippen LogP contribution >= 0.6 is 0 Å². The zero-order chi connectivity index (χ0) is 16.1. The fraction of sp³-hybridized carbons (Fsp3) is 0.684. The van der Waals surface area contributed by atoms with Crippen LogP contribution in [0.4, 0.5) is 0 Å². The van der Waals surface area contributed by atoms with Gasteiger partial charge in [-0.05, 0) is 35.6 Å². The normalized spacial score (nSPS) is 12.8. The highest BCUT2D eigenvalue weighted by Crippen LogP contribution is 2.26. The second kappa shape index (κ2) is 7.31. The SMILES string of the molecule is CC(C)CNCC(C)(C)COc1cccc(C(C)(C)C)c1. The third-order valence-electron chi connectivity index (χ3n) is 3.49. The van der Waals surface area contributed by atoms with E-state index in [1.165, 1.54) is 5.56 Å². The lowest BCUT2D eigenvalue weighted by Crippen LogP contribution is -2.35. The van der Waals surface area contributed by atoms with Gasteiger partial charge in [0.05, 0.1) is 6.61 Å². The van der Waals surface area contributed by atoms with Crippen LogP contribution < -0.4 is 10.1 Å². The highest BCUT2D eigenvalue weighted by atomic mass is 16.5. The molecule has 0 amide bonds. The summed E-state index contributed by atoms with van der Waals surface area (Å²) in [7, 11) is 0. The van der Waals surface area contributed by atoms with Crippen molar-refractivity contribution in [3.63, 3.8) is 0 Å². The third kappa shape index (κ3) is 6.99. The minimum atomic E-state index is 0.132. The zero-order valence-corrected chi connectivity index (χ0v) is 14.9. The summed E-state index contributed by atoms with van der Waals surface area (Å²) in [4.78, 5) is 0. The molecular weight excluding hydrogens is 258 g/mol. The molecule has 1 N–H and O–H groups in total. The second-order valence-electron chi connectivity index (χ2n) is 8.26. The Labute approximate surface area is 131 Å². The van der Waals surface area contributed by atoms with E-state index in [4.69, 9.17) is 4.74 Å². The van der Waals surface area contributed by atoms with Crippen molar-refractivity contribution in [2.24, 2.45) is 11.3 Å². The molecule has 2 nitrogen and oxygen atoms in total. The molecule has 0 radical (unpaired) electrons. The predicted octanol–water partition coefficient (Wildman–Crippen LogP) is 4.63. The monoisotopic (exact) mass is 291 g/mol. The van der Waals surface area contributed by atoms with E-state index in [2.05, 4.69) is 72.0 Å². The van der Waals surface area contributed by atoms with Crippen molar-refractivity contribution >= 4 is 0 Å². The number of hydrogen-bond acceptors (Lipinski definition) is 2. The van der Waals surface area contributed by atoms with Gasteiger partial charge < -0.3 is 10.1 Å². The maximum Gasteiger partial charge on any atom is 0.119 e. The fourth-order valence-corrected chi connectivity index (χ4v) is 2.08. The van der Waals surface area contributed by atoms with E-state index in [-0.39, 0.29) is 10.8 Å². The maximum atomic E-state index is 6.02. The van der Waals surface area contributed by atoms with E-state index in [1.807, 2.05) is 6.07 Å². The van der Waals surface area contributed by atoms with Gasteiger partial charge in [-0.1, -0.05) is 60.6 Å². The number of nitrogens with one attached hydrogen (secondary N) is 1. The molecule has 0 unspecified atom stereocenters. The topological polar surface area (TPSA) is 21.3 Å². The van der Waals surface area contributed by atoms with Gasteiger partial charge in [-0.3, -0.25) is 0 Å². The molecule has 120 valence electrons. The Morgan fingerprint density at radius 3 is 2.33 bits per heavy atom. The van der Waals surface area contributed by atoms with Crippen LogP contribution in [0.5, 0.6) is 5.75 Å². The number of benzene rings is 1. The predicted molar refractivity (Wildman–Crippen MR) is 92.1 cm³/mol. The third-order valence-corrected chi connectivity index (χ3v) is 3.49. The van der Waals surface area contributed by atoms with Gasteiger partial charge in [-0.2, -0.15) is 0 Å². The Bertz CT molecular complexity index is 429.